The predicted molar refractivity (Wildman–Crippen MR) is 72.8 cm³/mol. The fraction of sp³-hybridized carbons (Fsp3) is 0.0769. The molecule has 0 amide bonds. The largest absolute Gasteiger partial charge is 0.481 e. The van der Waals surface area contributed by atoms with Gasteiger partial charge in [-0.15, -0.1) is 0 Å². The third-order valence-electron chi connectivity index (χ3n) is 2.73. The summed E-state index contributed by atoms with van der Waals surface area (Å²) in [6.45, 7) is 0. The number of hydrogen-bond acceptors (Lipinski definition) is 3. The molecule has 3 aromatic rings. The molecule has 0 aliphatic rings. The second-order valence-electron chi connectivity index (χ2n) is 3.83. The van der Waals surface area contributed by atoms with Crippen molar-refractivity contribution in [2.75, 3.05) is 7.11 Å². The number of imidazole rings is 1. The number of nitrogens with one attached hydrogen (secondary N) is 1. The van der Waals surface area contributed by atoms with E-state index in [0.717, 1.165) is 16.9 Å². The molecule has 90 valence electrons. The fourth-order valence-electron chi connectivity index (χ4n) is 1.90. The fourth-order valence-corrected chi connectivity index (χ4v) is 2.20. The Bertz CT molecular complexity index is 746. The van der Waals surface area contributed by atoms with Gasteiger partial charge in [-0.3, -0.25) is 4.57 Å². The van der Waals surface area contributed by atoms with Crippen molar-refractivity contribution >= 4 is 23.4 Å². The SMILES string of the molecule is COc1ccc2[nH]c(=S)n(-c3ccccc3)c2n1. The minimum Gasteiger partial charge on any atom is -0.481 e. The molecular formula is C13H11N3OS. The van der Waals surface area contributed by atoms with Gasteiger partial charge >= 0.3 is 0 Å². The Morgan fingerprint density at radius 2 is 1.94 bits per heavy atom. The summed E-state index contributed by atoms with van der Waals surface area (Å²) in [5, 5.41) is 0. The number of nitrogens with zero attached hydrogens (tertiary/aromatic N) is 2. The number of pyridine rings is 1. The highest BCUT2D eigenvalue weighted by Gasteiger charge is 2.08. The lowest BCUT2D eigenvalue weighted by Crippen LogP contribution is -1.96. The van der Waals surface area contributed by atoms with Crippen LogP contribution in [0.2, 0.25) is 0 Å². The summed E-state index contributed by atoms with van der Waals surface area (Å²) in [5.74, 6) is 0.571. The molecule has 1 aromatic carbocycles. The Labute approximate surface area is 109 Å². The number of aromatic amines is 1. The first-order chi connectivity index (χ1) is 8.79. The summed E-state index contributed by atoms with van der Waals surface area (Å²) in [5.41, 5.74) is 2.64. The molecule has 0 bridgehead atoms. The summed E-state index contributed by atoms with van der Waals surface area (Å²) >= 11 is 5.34. The van der Waals surface area contributed by atoms with Gasteiger partial charge < -0.3 is 9.72 Å². The van der Waals surface area contributed by atoms with Crippen LogP contribution in [0.15, 0.2) is 42.5 Å². The van der Waals surface area contributed by atoms with Crippen molar-refractivity contribution in [1.29, 1.82) is 0 Å². The number of H-pyrrole nitrogens is 1. The minimum atomic E-state index is 0.571. The summed E-state index contributed by atoms with van der Waals surface area (Å²) in [4.78, 5) is 7.57. The van der Waals surface area contributed by atoms with E-state index >= 15 is 0 Å². The molecule has 2 aromatic heterocycles. The molecule has 18 heavy (non-hydrogen) atoms. The quantitative estimate of drug-likeness (QED) is 0.717. The molecule has 4 nitrogen and oxygen atoms in total. The molecule has 0 spiro atoms. The van der Waals surface area contributed by atoms with Crippen molar-refractivity contribution in [1.82, 2.24) is 14.5 Å². The van der Waals surface area contributed by atoms with Crippen LogP contribution in [0.1, 0.15) is 0 Å². The summed E-state index contributed by atoms with van der Waals surface area (Å²) in [6.07, 6.45) is 0. The topological polar surface area (TPSA) is 42.8 Å². The molecule has 0 saturated carbocycles. The van der Waals surface area contributed by atoms with Gasteiger partial charge in [-0.1, -0.05) is 18.2 Å². The van der Waals surface area contributed by atoms with Gasteiger partial charge in [-0.2, -0.15) is 4.98 Å². The Morgan fingerprint density at radius 1 is 1.17 bits per heavy atom. The number of ether oxygens (including phenoxy) is 1. The normalized spacial score (nSPS) is 10.7. The number of rotatable bonds is 2. The van der Waals surface area contributed by atoms with Gasteiger partial charge in [0.05, 0.1) is 12.6 Å². The van der Waals surface area contributed by atoms with Crippen LogP contribution in [0.3, 0.4) is 0 Å². The highest BCUT2D eigenvalue weighted by molar-refractivity contribution is 7.71. The highest BCUT2D eigenvalue weighted by Crippen LogP contribution is 2.20. The zero-order valence-electron chi connectivity index (χ0n) is 9.75. The molecule has 0 saturated heterocycles. The highest BCUT2D eigenvalue weighted by atomic mass is 32.1. The number of para-hydroxylation sites is 1. The van der Waals surface area contributed by atoms with Crippen LogP contribution >= 0.6 is 12.2 Å². The van der Waals surface area contributed by atoms with Crippen LogP contribution in [0.25, 0.3) is 16.9 Å². The van der Waals surface area contributed by atoms with E-state index in [1.807, 2.05) is 47.0 Å². The Morgan fingerprint density at radius 3 is 2.67 bits per heavy atom. The Hall–Kier alpha value is -2.14. The monoisotopic (exact) mass is 257 g/mol. The molecule has 1 N–H and O–H groups in total. The number of methoxy groups -OCH3 is 1. The maximum absolute atomic E-state index is 5.34. The number of fused-ring (bicyclic) bond motifs is 1. The van der Waals surface area contributed by atoms with E-state index < -0.39 is 0 Å². The van der Waals surface area contributed by atoms with Gasteiger partial charge in [-0.05, 0) is 30.4 Å². The zero-order chi connectivity index (χ0) is 12.5. The van der Waals surface area contributed by atoms with Crippen LogP contribution in [-0.2, 0) is 0 Å². The summed E-state index contributed by atoms with van der Waals surface area (Å²) in [6, 6.07) is 13.6. The molecule has 0 atom stereocenters. The maximum Gasteiger partial charge on any atom is 0.215 e. The van der Waals surface area contributed by atoms with Crippen LogP contribution in [0.4, 0.5) is 0 Å². The van der Waals surface area contributed by atoms with Gasteiger partial charge in [0.15, 0.2) is 10.4 Å². The molecule has 5 heteroatoms. The van der Waals surface area contributed by atoms with Gasteiger partial charge in [0, 0.05) is 11.8 Å². The second kappa shape index (κ2) is 4.27. The first-order valence-corrected chi connectivity index (χ1v) is 5.91. The van der Waals surface area contributed by atoms with Crippen molar-refractivity contribution in [2.24, 2.45) is 0 Å². The third-order valence-corrected chi connectivity index (χ3v) is 3.01. The van der Waals surface area contributed by atoms with Crippen molar-refractivity contribution in [3.8, 4) is 11.6 Å². The first kappa shape index (κ1) is 11.0. The van der Waals surface area contributed by atoms with E-state index in [4.69, 9.17) is 17.0 Å². The first-order valence-electron chi connectivity index (χ1n) is 5.51. The minimum absolute atomic E-state index is 0.571. The van der Waals surface area contributed by atoms with Crippen molar-refractivity contribution in [3.63, 3.8) is 0 Å². The van der Waals surface area contributed by atoms with Gasteiger partial charge in [0.25, 0.3) is 0 Å². The lowest BCUT2D eigenvalue weighted by atomic mass is 10.3. The molecule has 2 heterocycles. The van der Waals surface area contributed by atoms with E-state index in [0.29, 0.717) is 10.7 Å². The molecule has 3 rings (SSSR count). The number of hydrogen-bond donors (Lipinski definition) is 1. The second-order valence-corrected chi connectivity index (χ2v) is 4.21. The molecule has 0 aliphatic carbocycles. The van der Waals surface area contributed by atoms with Crippen LogP contribution in [0, 0.1) is 4.77 Å². The Kier molecular flexibility index (Phi) is 2.60. The third kappa shape index (κ3) is 1.69. The van der Waals surface area contributed by atoms with E-state index in [1.165, 1.54) is 0 Å². The lowest BCUT2D eigenvalue weighted by Gasteiger charge is -2.04. The molecule has 0 fully saturated rings. The van der Waals surface area contributed by atoms with E-state index in [2.05, 4.69) is 9.97 Å². The molecular weight excluding hydrogens is 246 g/mol. The average Bonchev–Trinajstić information content (AvgIpc) is 2.74. The molecule has 0 aliphatic heterocycles. The lowest BCUT2D eigenvalue weighted by molar-refractivity contribution is 0.399. The molecule has 0 unspecified atom stereocenters. The van der Waals surface area contributed by atoms with Crippen molar-refractivity contribution in [2.45, 2.75) is 0 Å². The van der Waals surface area contributed by atoms with E-state index in [1.54, 1.807) is 7.11 Å². The van der Waals surface area contributed by atoms with E-state index in [9.17, 15) is 0 Å². The van der Waals surface area contributed by atoms with Gasteiger partial charge in [0.1, 0.15) is 0 Å². The Balaban J connectivity index is 2.34. The van der Waals surface area contributed by atoms with Crippen LogP contribution in [0.5, 0.6) is 5.88 Å². The zero-order valence-corrected chi connectivity index (χ0v) is 10.6. The predicted octanol–water partition coefficient (Wildman–Crippen LogP) is 3.09. The van der Waals surface area contributed by atoms with E-state index in [-0.39, 0.29) is 0 Å². The standard InChI is InChI=1S/C13H11N3OS/c1-17-11-8-7-10-12(15-11)16(13(18)14-10)9-5-3-2-4-6-9/h2-8H,1H3,(H,14,18). The molecule has 0 radical (unpaired) electrons. The smallest absolute Gasteiger partial charge is 0.215 e. The number of benzene rings is 1. The van der Waals surface area contributed by atoms with Gasteiger partial charge in [0.2, 0.25) is 5.88 Å². The number of aromatic nitrogens is 3. The van der Waals surface area contributed by atoms with Gasteiger partial charge in [-0.25, -0.2) is 0 Å². The maximum atomic E-state index is 5.34. The summed E-state index contributed by atoms with van der Waals surface area (Å²) in [7, 11) is 1.60. The van der Waals surface area contributed by atoms with Crippen LogP contribution < -0.4 is 4.74 Å². The van der Waals surface area contributed by atoms with Crippen LogP contribution in [-0.4, -0.2) is 21.6 Å². The summed E-state index contributed by atoms with van der Waals surface area (Å²) < 4.78 is 7.67. The van der Waals surface area contributed by atoms with Crippen molar-refractivity contribution in [3.05, 3.63) is 47.2 Å². The average molecular weight is 257 g/mol. The van der Waals surface area contributed by atoms with Crippen molar-refractivity contribution < 1.29 is 4.74 Å².